The summed E-state index contributed by atoms with van der Waals surface area (Å²) in [6.07, 6.45) is 3.93. The van der Waals surface area contributed by atoms with Gasteiger partial charge in [0.2, 0.25) is 0 Å². The molecule has 6 heteroatoms. The van der Waals surface area contributed by atoms with Crippen molar-refractivity contribution in [1.82, 2.24) is 10.3 Å². The first-order valence-corrected chi connectivity index (χ1v) is 9.58. The summed E-state index contributed by atoms with van der Waals surface area (Å²) in [4.78, 5) is 18.4. The SMILES string of the molecule is O=C(C[NH+]1CCC[C@H](c2nc3ccccc3s2)C1)NCc1ccco1. The highest BCUT2D eigenvalue weighted by atomic mass is 32.1. The Hall–Kier alpha value is -2.18. The number of aromatic nitrogens is 1. The van der Waals surface area contributed by atoms with Crippen LogP contribution in [-0.2, 0) is 11.3 Å². The van der Waals surface area contributed by atoms with Gasteiger partial charge < -0.3 is 14.6 Å². The van der Waals surface area contributed by atoms with Gasteiger partial charge >= 0.3 is 0 Å². The van der Waals surface area contributed by atoms with Crippen LogP contribution < -0.4 is 10.2 Å². The zero-order valence-electron chi connectivity index (χ0n) is 14.0. The topological polar surface area (TPSA) is 59.6 Å². The molecule has 1 aliphatic rings. The molecule has 1 unspecified atom stereocenters. The van der Waals surface area contributed by atoms with Crippen LogP contribution in [0.1, 0.15) is 29.5 Å². The number of hydrogen-bond acceptors (Lipinski definition) is 4. The number of benzene rings is 1. The molecule has 2 N–H and O–H groups in total. The van der Waals surface area contributed by atoms with Gasteiger partial charge in [-0.2, -0.15) is 0 Å². The molecule has 1 aliphatic heterocycles. The van der Waals surface area contributed by atoms with Crippen molar-refractivity contribution >= 4 is 27.5 Å². The molecule has 5 nitrogen and oxygen atoms in total. The molecule has 25 heavy (non-hydrogen) atoms. The molecule has 1 saturated heterocycles. The van der Waals surface area contributed by atoms with Gasteiger partial charge in [0.05, 0.1) is 42.0 Å². The van der Waals surface area contributed by atoms with Gasteiger partial charge in [-0.25, -0.2) is 4.98 Å². The number of piperidine rings is 1. The van der Waals surface area contributed by atoms with Crippen LogP contribution in [0.3, 0.4) is 0 Å². The molecule has 0 aliphatic carbocycles. The van der Waals surface area contributed by atoms with Crippen LogP contribution in [-0.4, -0.2) is 30.5 Å². The van der Waals surface area contributed by atoms with Crippen LogP contribution in [0.5, 0.6) is 0 Å². The highest BCUT2D eigenvalue weighted by molar-refractivity contribution is 7.18. The molecule has 0 bridgehead atoms. The minimum absolute atomic E-state index is 0.0800. The number of rotatable bonds is 5. The Balaban J connectivity index is 1.34. The summed E-state index contributed by atoms with van der Waals surface area (Å²) in [5.41, 5.74) is 1.09. The quantitative estimate of drug-likeness (QED) is 0.735. The van der Waals surface area contributed by atoms with Crippen molar-refractivity contribution in [3.05, 3.63) is 53.4 Å². The van der Waals surface area contributed by atoms with Crippen molar-refractivity contribution in [2.75, 3.05) is 19.6 Å². The summed E-state index contributed by atoms with van der Waals surface area (Å²) in [6.45, 7) is 3.01. The second-order valence-corrected chi connectivity index (χ2v) is 7.66. The zero-order chi connectivity index (χ0) is 17.1. The summed E-state index contributed by atoms with van der Waals surface area (Å²) >= 11 is 1.80. The molecule has 2 atom stereocenters. The van der Waals surface area contributed by atoms with E-state index >= 15 is 0 Å². The maximum absolute atomic E-state index is 12.2. The van der Waals surface area contributed by atoms with Crippen LogP contribution >= 0.6 is 11.3 Å². The van der Waals surface area contributed by atoms with Crippen molar-refractivity contribution in [3.8, 4) is 0 Å². The fourth-order valence-corrected chi connectivity index (χ4v) is 4.58. The van der Waals surface area contributed by atoms with E-state index in [1.54, 1.807) is 17.6 Å². The van der Waals surface area contributed by atoms with Crippen molar-refractivity contribution in [1.29, 1.82) is 0 Å². The van der Waals surface area contributed by atoms with Gasteiger partial charge in [0.1, 0.15) is 10.8 Å². The normalized spacial score (nSPS) is 20.6. The molecule has 0 radical (unpaired) electrons. The fourth-order valence-electron chi connectivity index (χ4n) is 3.48. The number of nitrogens with one attached hydrogen (secondary N) is 2. The van der Waals surface area contributed by atoms with Gasteiger partial charge in [0, 0.05) is 0 Å². The first-order chi connectivity index (χ1) is 12.3. The van der Waals surface area contributed by atoms with Crippen molar-refractivity contribution in [2.24, 2.45) is 0 Å². The average molecular weight is 356 g/mol. The van der Waals surface area contributed by atoms with E-state index in [2.05, 4.69) is 23.5 Å². The lowest BCUT2D eigenvalue weighted by atomic mass is 9.99. The van der Waals surface area contributed by atoms with Crippen LogP contribution in [0, 0.1) is 0 Å². The van der Waals surface area contributed by atoms with Crippen LogP contribution in [0.25, 0.3) is 10.2 Å². The predicted molar refractivity (Wildman–Crippen MR) is 97.7 cm³/mol. The molecule has 4 rings (SSSR count). The van der Waals surface area contributed by atoms with Crippen molar-refractivity contribution < 1.29 is 14.1 Å². The van der Waals surface area contributed by atoms with Crippen molar-refractivity contribution in [2.45, 2.75) is 25.3 Å². The third kappa shape index (κ3) is 3.91. The van der Waals surface area contributed by atoms with Gasteiger partial charge in [-0.3, -0.25) is 4.79 Å². The van der Waals surface area contributed by atoms with E-state index in [1.165, 1.54) is 14.6 Å². The smallest absolute Gasteiger partial charge is 0.275 e. The predicted octanol–water partition coefficient (Wildman–Crippen LogP) is 1.97. The van der Waals surface area contributed by atoms with Crippen molar-refractivity contribution in [3.63, 3.8) is 0 Å². The van der Waals surface area contributed by atoms with Crippen LogP contribution in [0.4, 0.5) is 0 Å². The number of furan rings is 1. The molecule has 1 amide bonds. The molecule has 0 spiro atoms. The number of carbonyl (C=O) groups excluding carboxylic acids is 1. The Labute approximate surface area is 150 Å². The van der Waals surface area contributed by atoms with E-state index < -0.39 is 0 Å². The lowest BCUT2D eigenvalue weighted by molar-refractivity contribution is -0.898. The Morgan fingerprint density at radius 1 is 1.32 bits per heavy atom. The number of carbonyl (C=O) groups is 1. The Bertz CT molecular complexity index is 810. The zero-order valence-corrected chi connectivity index (χ0v) is 14.8. The van der Waals surface area contributed by atoms with E-state index in [4.69, 9.17) is 9.40 Å². The molecular formula is C19H22N3O2S+. The molecule has 3 heterocycles. The van der Waals surface area contributed by atoms with E-state index in [-0.39, 0.29) is 5.91 Å². The minimum atomic E-state index is 0.0800. The second kappa shape index (κ2) is 7.37. The fraction of sp³-hybridized carbons (Fsp3) is 0.368. The molecule has 3 aromatic rings. The second-order valence-electron chi connectivity index (χ2n) is 6.60. The summed E-state index contributed by atoms with van der Waals surface area (Å²) in [7, 11) is 0. The number of fused-ring (bicyclic) bond motifs is 1. The van der Waals surface area contributed by atoms with E-state index in [1.807, 2.05) is 18.2 Å². The number of hydrogen-bond donors (Lipinski definition) is 2. The Morgan fingerprint density at radius 2 is 2.24 bits per heavy atom. The summed E-state index contributed by atoms with van der Waals surface area (Å²) < 4.78 is 6.50. The van der Waals surface area contributed by atoms with Gasteiger partial charge in [-0.1, -0.05) is 12.1 Å². The lowest BCUT2D eigenvalue weighted by Gasteiger charge is -2.28. The van der Waals surface area contributed by atoms with Crippen LogP contribution in [0.15, 0.2) is 47.1 Å². The van der Waals surface area contributed by atoms with Gasteiger partial charge in [-0.15, -0.1) is 11.3 Å². The third-order valence-electron chi connectivity index (χ3n) is 4.73. The minimum Gasteiger partial charge on any atom is -0.467 e. The highest BCUT2D eigenvalue weighted by Crippen LogP contribution is 2.30. The summed E-state index contributed by atoms with van der Waals surface area (Å²) in [5.74, 6) is 1.32. The molecule has 1 aromatic carbocycles. The maximum atomic E-state index is 12.2. The van der Waals surface area contributed by atoms with E-state index in [9.17, 15) is 4.79 Å². The molecule has 1 fully saturated rings. The molecule has 0 saturated carbocycles. The van der Waals surface area contributed by atoms with Gasteiger partial charge in [0.15, 0.2) is 6.54 Å². The number of quaternary nitrogens is 1. The van der Waals surface area contributed by atoms with Gasteiger partial charge in [0.25, 0.3) is 5.91 Å². The number of amides is 1. The standard InChI is InChI=1S/C19H21N3O2S/c23-18(20-11-15-6-4-10-24-15)13-22-9-3-5-14(12-22)19-21-16-7-1-2-8-17(16)25-19/h1-2,4,6-8,10,14H,3,5,9,11-13H2,(H,20,23)/p+1/t14-/m0/s1. The lowest BCUT2D eigenvalue weighted by Crippen LogP contribution is -3.14. The molecular weight excluding hydrogens is 334 g/mol. The average Bonchev–Trinajstić information content (AvgIpc) is 3.29. The first kappa shape index (κ1) is 16.3. The number of para-hydroxylation sites is 1. The Kier molecular flexibility index (Phi) is 4.81. The maximum Gasteiger partial charge on any atom is 0.275 e. The third-order valence-corrected chi connectivity index (χ3v) is 5.93. The largest absolute Gasteiger partial charge is 0.467 e. The van der Waals surface area contributed by atoms with E-state index in [0.717, 1.165) is 37.2 Å². The van der Waals surface area contributed by atoms with Crippen LogP contribution in [0.2, 0.25) is 0 Å². The monoisotopic (exact) mass is 356 g/mol. The Morgan fingerprint density at radius 3 is 3.08 bits per heavy atom. The summed E-state index contributed by atoms with van der Waals surface area (Å²) in [5, 5.41) is 4.16. The summed E-state index contributed by atoms with van der Waals surface area (Å²) in [6, 6.07) is 12.0. The molecule has 2 aromatic heterocycles. The van der Waals surface area contributed by atoms with E-state index in [0.29, 0.717) is 19.0 Å². The first-order valence-electron chi connectivity index (χ1n) is 8.76. The number of nitrogens with zero attached hydrogens (tertiary/aromatic N) is 1. The highest BCUT2D eigenvalue weighted by Gasteiger charge is 2.28. The number of likely N-dealkylation sites (tertiary alicyclic amines) is 1. The number of thiazole rings is 1. The molecule has 130 valence electrons. The van der Waals surface area contributed by atoms with Gasteiger partial charge in [-0.05, 0) is 37.1 Å².